The van der Waals surface area contributed by atoms with Crippen LogP contribution in [0.1, 0.15) is 70.1 Å². The molecular formula is C20H28O3. The van der Waals surface area contributed by atoms with Crippen LogP contribution in [0.15, 0.2) is 18.2 Å². The minimum Gasteiger partial charge on any atom is -0.481 e. The van der Waals surface area contributed by atoms with Gasteiger partial charge < -0.3 is 10.2 Å². The molecule has 0 amide bonds. The van der Waals surface area contributed by atoms with Crippen molar-refractivity contribution in [2.24, 2.45) is 11.3 Å². The van der Waals surface area contributed by atoms with E-state index in [-0.39, 0.29) is 11.3 Å². The molecule has 3 nitrogen and oxygen atoms in total. The van der Waals surface area contributed by atoms with Gasteiger partial charge in [0.15, 0.2) is 0 Å². The van der Waals surface area contributed by atoms with Crippen LogP contribution < -0.4 is 0 Å². The quantitative estimate of drug-likeness (QED) is 0.867. The van der Waals surface area contributed by atoms with Crippen molar-refractivity contribution in [2.45, 2.75) is 70.8 Å². The lowest BCUT2D eigenvalue weighted by atomic mass is 9.50. The summed E-state index contributed by atoms with van der Waals surface area (Å²) in [5, 5.41) is 20.1. The lowest BCUT2D eigenvalue weighted by Crippen LogP contribution is -2.52. The number of aliphatic carboxylic acids is 1. The summed E-state index contributed by atoms with van der Waals surface area (Å²) in [5.74, 6) is -0.466. The Kier molecular flexibility index (Phi) is 3.64. The van der Waals surface area contributed by atoms with E-state index in [0.29, 0.717) is 0 Å². The van der Waals surface area contributed by atoms with E-state index in [0.717, 1.165) is 37.7 Å². The van der Waals surface area contributed by atoms with Crippen LogP contribution in [0.3, 0.4) is 0 Å². The van der Waals surface area contributed by atoms with E-state index in [2.05, 4.69) is 19.1 Å². The summed E-state index contributed by atoms with van der Waals surface area (Å²) >= 11 is 0. The smallest absolute Gasteiger partial charge is 0.309 e. The molecule has 1 saturated carbocycles. The maximum absolute atomic E-state index is 11.9. The van der Waals surface area contributed by atoms with Gasteiger partial charge in [-0.25, -0.2) is 0 Å². The van der Waals surface area contributed by atoms with Crippen molar-refractivity contribution in [2.75, 3.05) is 0 Å². The topological polar surface area (TPSA) is 57.5 Å². The average Bonchev–Trinajstić information content (AvgIpc) is 2.45. The number of rotatable bonds is 2. The van der Waals surface area contributed by atoms with Crippen LogP contribution in [0.5, 0.6) is 0 Å². The fourth-order valence-corrected chi connectivity index (χ4v) is 5.13. The van der Waals surface area contributed by atoms with Crippen molar-refractivity contribution in [3.63, 3.8) is 0 Å². The second kappa shape index (κ2) is 5.07. The highest BCUT2D eigenvalue weighted by Crippen LogP contribution is 2.57. The number of benzene rings is 1. The van der Waals surface area contributed by atoms with Gasteiger partial charge in [0.2, 0.25) is 0 Å². The van der Waals surface area contributed by atoms with E-state index in [1.807, 2.05) is 26.8 Å². The Labute approximate surface area is 138 Å². The van der Waals surface area contributed by atoms with Crippen molar-refractivity contribution >= 4 is 5.97 Å². The number of carbonyl (C=O) groups is 1. The third kappa shape index (κ3) is 2.40. The minimum absolute atomic E-state index is 0.0723. The zero-order chi connectivity index (χ0) is 17.0. The highest BCUT2D eigenvalue weighted by Gasteiger charge is 2.55. The second-order valence-electron chi connectivity index (χ2n) is 8.52. The second-order valence-corrected chi connectivity index (χ2v) is 8.52. The molecule has 2 aliphatic carbocycles. The van der Waals surface area contributed by atoms with Gasteiger partial charge in [-0.3, -0.25) is 4.79 Å². The zero-order valence-corrected chi connectivity index (χ0v) is 14.6. The van der Waals surface area contributed by atoms with Crippen molar-refractivity contribution < 1.29 is 15.0 Å². The Morgan fingerprint density at radius 3 is 2.57 bits per heavy atom. The highest BCUT2D eigenvalue weighted by atomic mass is 16.4. The molecule has 0 aliphatic heterocycles. The van der Waals surface area contributed by atoms with Crippen LogP contribution in [0.2, 0.25) is 0 Å². The molecule has 0 saturated heterocycles. The third-order valence-corrected chi connectivity index (χ3v) is 6.55. The Hall–Kier alpha value is -1.35. The van der Waals surface area contributed by atoms with Crippen LogP contribution in [0.25, 0.3) is 0 Å². The fraction of sp³-hybridized carbons (Fsp3) is 0.650. The molecule has 23 heavy (non-hydrogen) atoms. The summed E-state index contributed by atoms with van der Waals surface area (Å²) in [6.07, 6.45) is 4.61. The van der Waals surface area contributed by atoms with Gasteiger partial charge in [-0.2, -0.15) is 0 Å². The van der Waals surface area contributed by atoms with Gasteiger partial charge in [-0.15, -0.1) is 0 Å². The average molecular weight is 316 g/mol. The summed E-state index contributed by atoms with van der Waals surface area (Å²) in [7, 11) is 0. The summed E-state index contributed by atoms with van der Waals surface area (Å²) < 4.78 is 0. The number of carboxylic acids is 1. The number of hydrogen-bond acceptors (Lipinski definition) is 2. The summed E-state index contributed by atoms with van der Waals surface area (Å²) in [6, 6.07) is 6.28. The first-order valence-electron chi connectivity index (χ1n) is 8.69. The molecule has 0 bridgehead atoms. The number of carboxylic acid groups (broad SMARTS) is 1. The third-order valence-electron chi connectivity index (χ3n) is 6.55. The Bertz CT molecular complexity index is 643. The van der Waals surface area contributed by atoms with Gasteiger partial charge in [0.05, 0.1) is 11.0 Å². The van der Waals surface area contributed by atoms with Crippen molar-refractivity contribution in [3.8, 4) is 0 Å². The molecule has 2 N–H and O–H groups in total. The van der Waals surface area contributed by atoms with Crippen LogP contribution in [-0.2, 0) is 22.2 Å². The standard InChI is InChI=1S/C20H28O3/c1-18(2,23)14-7-8-15-13(12-14)6-9-16-19(15,3)10-5-11-20(16,4)17(21)22/h7-8,12,16,23H,5-6,9-11H2,1-4H3,(H,21,22)/t16-,19+,20+/m1/s1. The number of aryl methyl sites for hydroxylation is 1. The zero-order valence-electron chi connectivity index (χ0n) is 14.6. The molecule has 3 atom stereocenters. The predicted molar refractivity (Wildman–Crippen MR) is 90.4 cm³/mol. The van der Waals surface area contributed by atoms with Crippen molar-refractivity contribution in [1.82, 2.24) is 0 Å². The lowest BCUT2D eigenvalue weighted by molar-refractivity contribution is -0.157. The monoisotopic (exact) mass is 316 g/mol. The van der Waals surface area contributed by atoms with Crippen LogP contribution >= 0.6 is 0 Å². The first-order valence-corrected chi connectivity index (χ1v) is 8.69. The van der Waals surface area contributed by atoms with Gasteiger partial charge >= 0.3 is 5.97 Å². The molecule has 0 spiro atoms. The minimum atomic E-state index is -0.838. The molecule has 1 fully saturated rings. The number of hydrogen-bond donors (Lipinski definition) is 2. The maximum Gasteiger partial charge on any atom is 0.309 e. The van der Waals surface area contributed by atoms with Crippen molar-refractivity contribution in [1.29, 1.82) is 0 Å². The molecule has 0 heterocycles. The van der Waals surface area contributed by atoms with E-state index in [4.69, 9.17) is 0 Å². The highest BCUT2D eigenvalue weighted by molar-refractivity contribution is 5.75. The Morgan fingerprint density at radius 2 is 1.96 bits per heavy atom. The molecule has 0 aromatic heterocycles. The Balaban J connectivity index is 2.08. The Morgan fingerprint density at radius 1 is 1.26 bits per heavy atom. The molecule has 3 heteroatoms. The lowest BCUT2D eigenvalue weighted by Gasteiger charge is -2.53. The summed E-state index contributed by atoms with van der Waals surface area (Å²) in [6.45, 7) is 7.81. The van der Waals surface area contributed by atoms with E-state index in [1.54, 1.807) is 0 Å². The number of aliphatic hydroxyl groups is 1. The van der Waals surface area contributed by atoms with Gasteiger partial charge in [0, 0.05) is 0 Å². The van der Waals surface area contributed by atoms with Gasteiger partial charge in [-0.05, 0) is 74.5 Å². The largest absolute Gasteiger partial charge is 0.481 e. The first kappa shape index (κ1) is 16.5. The van der Waals surface area contributed by atoms with Crippen LogP contribution in [0, 0.1) is 11.3 Å². The molecule has 2 aliphatic rings. The van der Waals surface area contributed by atoms with E-state index < -0.39 is 17.0 Å². The first-order chi connectivity index (χ1) is 10.6. The van der Waals surface area contributed by atoms with Gasteiger partial charge in [-0.1, -0.05) is 31.5 Å². The van der Waals surface area contributed by atoms with Crippen LogP contribution in [0.4, 0.5) is 0 Å². The van der Waals surface area contributed by atoms with Crippen molar-refractivity contribution in [3.05, 3.63) is 34.9 Å². The van der Waals surface area contributed by atoms with E-state index in [9.17, 15) is 15.0 Å². The summed E-state index contributed by atoms with van der Waals surface area (Å²) in [5.41, 5.74) is 1.99. The number of fused-ring (bicyclic) bond motifs is 3. The molecule has 0 unspecified atom stereocenters. The molecule has 1 aromatic rings. The predicted octanol–water partition coefficient (Wildman–Crippen LogP) is 4.01. The summed E-state index contributed by atoms with van der Waals surface area (Å²) in [4.78, 5) is 11.9. The molecule has 126 valence electrons. The molecule has 3 rings (SSSR count). The molecule has 0 radical (unpaired) electrons. The van der Waals surface area contributed by atoms with Crippen LogP contribution in [-0.4, -0.2) is 16.2 Å². The fourth-order valence-electron chi connectivity index (χ4n) is 5.13. The van der Waals surface area contributed by atoms with E-state index >= 15 is 0 Å². The molecule has 1 aromatic carbocycles. The SMILES string of the molecule is CC(C)(O)c1ccc2c(c1)CC[C@@H]1[C@@]2(C)CCC[C@]1(C)C(=O)O. The normalized spacial score (nSPS) is 33.7. The van der Waals surface area contributed by atoms with E-state index in [1.165, 1.54) is 11.1 Å². The van der Waals surface area contributed by atoms with Gasteiger partial charge in [0.1, 0.15) is 0 Å². The maximum atomic E-state index is 11.9. The molecular weight excluding hydrogens is 288 g/mol. The van der Waals surface area contributed by atoms with Gasteiger partial charge in [0.25, 0.3) is 0 Å².